The van der Waals surface area contributed by atoms with Crippen molar-refractivity contribution in [2.24, 2.45) is 0 Å². The molecule has 2 aromatic carbocycles. The summed E-state index contributed by atoms with van der Waals surface area (Å²) in [6, 6.07) is 11.7. The number of carbonyl (C=O) groups is 2. The van der Waals surface area contributed by atoms with E-state index in [1.807, 2.05) is 0 Å². The molecule has 0 radical (unpaired) electrons. The van der Waals surface area contributed by atoms with Gasteiger partial charge < -0.3 is 20.1 Å². The SMILES string of the molecule is COCCNC(=O)c1cccc(NC(=O)CCCOc2ccc(Cl)cc2Cl)c1. The van der Waals surface area contributed by atoms with Crippen LogP contribution < -0.4 is 15.4 Å². The Bertz CT molecular complexity index is 815. The third kappa shape index (κ3) is 7.38. The van der Waals surface area contributed by atoms with Crippen LogP contribution in [0, 0.1) is 0 Å². The van der Waals surface area contributed by atoms with Crippen molar-refractivity contribution >= 4 is 40.7 Å². The Balaban J connectivity index is 1.76. The van der Waals surface area contributed by atoms with Gasteiger partial charge in [-0.25, -0.2) is 0 Å². The van der Waals surface area contributed by atoms with Crippen molar-refractivity contribution < 1.29 is 19.1 Å². The Morgan fingerprint density at radius 2 is 1.89 bits per heavy atom. The van der Waals surface area contributed by atoms with Crippen LogP contribution >= 0.6 is 23.2 Å². The zero-order valence-electron chi connectivity index (χ0n) is 15.5. The highest BCUT2D eigenvalue weighted by Crippen LogP contribution is 2.27. The molecule has 0 saturated carbocycles. The lowest BCUT2D eigenvalue weighted by Crippen LogP contribution is -2.27. The number of halogens is 2. The summed E-state index contributed by atoms with van der Waals surface area (Å²) in [6.07, 6.45) is 0.789. The van der Waals surface area contributed by atoms with E-state index in [1.165, 1.54) is 0 Å². The molecule has 0 unspecified atom stereocenters. The third-order valence-corrected chi connectivity index (χ3v) is 4.23. The van der Waals surface area contributed by atoms with Crippen LogP contribution in [0.4, 0.5) is 5.69 Å². The normalized spacial score (nSPS) is 10.4. The quantitative estimate of drug-likeness (QED) is 0.561. The van der Waals surface area contributed by atoms with Gasteiger partial charge in [-0.05, 0) is 42.8 Å². The summed E-state index contributed by atoms with van der Waals surface area (Å²) >= 11 is 11.9. The van der Waals surface area contributed by atoms with Crippen molar-refractivity contribution in [1.82, 2.24) is 5.32 Å². The smallest absolute Gasteiger partial charge is 0.251 e. The van der Waals surface area contributed by atoms with Gasteiger partial charge in [-0.1, -0.05) is 29.3 Å². The molecule has 0 spiro atoms. The third-order valence-electron chi connectivity index (χ3n) is 3.70. The number of nitrogens with one attached hydrogen (secondary N) is 2. The maximum Gasteiger partial charge on any atom is 0.251 e. The first-order chi connectivity index (χ1) is 13.5. The second-order valence-electron chi connectivity index (χ2n) is 5.90. The van der Waals surface area contributed by atoms with E-state index in [2.05, 4.69) is 10.6 Å². The second kappa shape index (κ2) is 11.5. The van der Waals surface area contributed by atoms with Gasteiger partial charge in [0.05, 0.1) is 18.2 Å². The molecule has 2 amide bonds. The molecule has 0 aromatic heterocycles. The van der Waals surface area contributed by atoms with Gasteiger partial charge >= 0.3 is 0 Å². The van der Waals surface area contributed by atoms with Crippen LogP contribution in [-0.2, 0) is 9.53 Å². The average molecular weight is 425 g/mol. The van der Waals surface area contributed by atoms with Crippen molar-refractivity contribution in [2.45, 2.75) is 12.8 Å². The number of carbonyl (C=O) groups excluding carboxylic acids is 2. The Morgan fingerprint density at radius 1 is 1.07 bits per heavy atom. The van der Waals surface area contributed by atoms with Crippen LogP contribution in [0.5, 0.6) is 5.75 Å². The predicted octanol–water partition coefficient (Wildman–Crippen LogP) is 4.17. The summed E-state index contributed by atoms with van der Waals surface area (Å²) in [7, 11) is 1.57. The van der Waals surface area contributed by atoms with E-state index in [-0.39, 0.29) is 18.2 Å². The fourth-order valence-electron chi connectivity index (χ4n) is 2.34. The van der Waals surface area contributed by atoms with Crippen molar-refractivity contribution in [3.8, 4) is 5.75 Å². The molecule has 0 fully saturated rings. The van der Waals surface area contributed by atoms with E-state index in [0.29, 0.717) is 53.2 Å². The molecule has 6 nitrogen and oxygen atoms in total. The summed E-state index contributed by atoms with van der Waals surface area (Å²) in [5, 5.41) is 6.47. The van der Waals surface area contributed by atoms with Crippen LogP contribution in [0.2, 0.25) is 10.0 Å². The van der Waals surface area contributed by atoms with Gasteiger partial charge in [0.15, 0.2) is 0 Å². The fourth-order valence-corrected chi connectivity index (χ4v) is 2.80. The minimum Gasteiger partial charge on any atom is -0.492 e. The first kappa shape index (κ1) is 22.0. The van der Waals surface area contributed by atoms with Gasteiger partial charge in [-0.3, -0.25) is 9.59 Å². The van der Waals surface area contributed by atoms with Gasteiger partial charge in [0.1, 0.15) is 5.75 Å². The molecule has 0 aliphatic rings. The highest BCUT2D eigenvalue weighted by Gasteiger charge is 2.08. The first-order valence-electron chi connectivity index (χ1n) is 8.74. The molecular weight excluding hydrogens is 403 g/mol. The van der Waals surface area contributed by atoms with Gasteiger partial charge in [0.2, 0.25) is 5.91 Å². The molecule has 0 bridgehead atoms. The van der Waals surface area contributed by atoms with Gasteiger partial charge in [0, 0.05) is 36.3 Å². The maximum absolute atomic E-state index is 12.1. The van der Waals surface area contributed by atoms with E-state index >= 15 is 0 Å². The van der Waals surface area contributed by atoms with Crippen molar-refractivity contribution in [3.63, 3.8) is 0 Å². The molecular formula is C20H22Cl2N2O4. The molecule has 0 saturated heterocycles. The van der Waals surface area contributed by atoms with E-state index in [0.717, 1.165) is 0 Å². The van der Waals surface area contributed by atoms with E-state index < -0.39 is 0 Å². The number of amides is 2. The van der Waals surface area contributed by atoms with Crippen LogP contribution in [0.25, 0.3) is 0 Å². The molecule has 2 N–H and O–H groups in total. The lowest BCUT2D eigenvalue weighted by atomic mass is 10.2. The molecule has 150 valence electrons. The van der Waals surface area contributed by atoms with Crippen LogP contribution in [0.3, 0.4) is 0 Å². The molecule has 0 atom stereocenters. The van der Waals surface area contributed by atoms with Crippen molar-refractivity contribution in [1.29, 1.82) is 0 Å². The zero-order chi connectivity index (χ0) is 20.4. The van der Waals surface area contributed by atoms with E-state index in [1.54, 1.807) is 49.6 Å². The number of rotatable bonds is 10. The minimum absolute atomic E-state index is 0.164. The minimum atomic E-state index is -0.221. The summed E-state index contributed by atoms with van der Waals surface area (Å²) < 4.78 is 10.5. The largest absolute Gasteiger partial charge is 0.492 e. The number of methoxy groups -OCH3 is 1. The molecule has 0 heterocycles. The molecule has 0 aliphatic heterocycles. The molecule has 8 heteroatoms. The highest BCUT2D eigenvalue weighted by molar-refractivity contribution is 6.35. The highest BCUT2D eigenvalue weighted by atomic mass is 35.5. The summed E-state index contributed by atoms with van der Waals surface area (Å²) in [6.45, 7) is 1.20. The van der Waals surface area contributed by atoms with Gasteiger partial charge in [0.25, 0.3) is 5.91 Å². The van der Waals surface area contributed by atoms with Crippen molar-refractivity contribution in [2.75, 3.05) is 32.2 Å². The predicted molar refractivity (Wildman–Crippen MR) is 110 cm³/mol. The molecule has 2 aromatic rings. The van der Waals surface area contributed by atoms with Crippen LogP contribution in [0.15, 0.2) is 42.5 Å². The Hall–Kier alpha value is -2.28. The summed E-state index contributed by atoms with van der Waals surface area (Å²) in [5.74, 6) is 0.141. The Morgan fingerprint density at radius 3 is 2.64 bits per heavy atom. The van der Waals surface area contributed by atoms with Crippen molar-refractivity contribution in [3.05, 3.63) is 58.1 Å². The van der Waals surface area contributed by atoms with E-state index in [9.17, 15) is 9.59 Å². The number of anilines is 1. The lowest BCUT2D eigenvalue weighted by Gasteiger charge is -2.10. The number of benzene rings is 2. The Kier molecular flexibility index (Phi) is 9.07. The topological polar surface area (TPSA) is 76.7 Å². The van der Waals surface area contributed by atoms with Gasteiger partial charge in [-0.2, -0.15) is 0 Å². The lowest BCUT2D eigenvalue weighted by molar-refractivity contribution is -0.116. The van der Waals surface area contributed by atoms with Gasteiger partial charge in [-0.15, -0.1) is 0 Å². The fraction of sp³-hybridized carbons (Fsp3) is 0.300. The number of hydrogen-bond acceptors (Lipinski definition) is 4. The van der Waals surface area contributed by atoms with Crippen LogP contribution in [-0.4, -0.2) is 38.7 Å². The maximum atomic E-state index is 12.1. The summed E-state index contributed by atoms with van der Waals surface area (Å²) in [4.78, 5) is 24.1. The number of ether oxygens (including phenoxy) is 2. The molecule has 0 aliphatic carbocycles. The standard InChI is InChI=1S/C20H22Cl2N2O4/c1-27-11-9-23-20(26)14-4-2-5-16(12-14)24-19(25)6-3-10-28-18-8-7-15(21)13-17(18)22/h2,4-5,7-8,12-13H,3,6,9-11H2,1H3,(H,23,26)(H,24,25). The molecule has 28 heavy (non-hydrogen) atoms. The average Bonchev–Trinajstić information content (AvgIpc) is 2.67. The monoisotopic (exact) mass is 424 g/mol. The van der Waals surface area contributed by atoms with Crippen LogP contribution in [0.1, 0.15) is 23.2 Å². The zero-order valence-corrected chi connectivity index (χ0v) is 17.0. The van der Waals surface area contributed by atoms with E-state index in [4.69, 9.17) is 32.7 Å². The Labute approximate surface area is 174 Å². The molecule has 2 rings (SSSR count). The first-order valence-corrected chi connectivity index (χ1v) is 9.50. The summed E-state index contributed by atoms with van der Waals surface area (Å²) in [5.41, 5.74) is 1.03. The number of hydrogen-bond donors (Lipinski definition) is 2. The second-order valence-corrected chi connectivity index (χ2v) is 6.75.